The monoisotopic (exact) mass is 404 g/mol. The number of hydrogen-bond acceptors (Lipinski definition) is 5. The topological polar surface area (TPSA) is 97.5 Å². The van der Waals surface area contributed by atoms with E-state index in [0.717, 1.165) is 12.8 Å². The molecule has 2 aliphatic carbocycles. The van der Waals surface area contributed by atoms with E-state index in [1.807, 2.05) is 6.92 Å². The Morgan fingerprint density at radius 1 is 1.21 bits per heavy atom. The molecule has 2 N–H and O–H groups in total. The maximum Gasteiger partial charge on any atom is 0.355 e. The third-order valence-electron chi connectivity index (χ3n) is 7.74. The van der Waals surface area contributed by atoms with Crippen molar-refractivity contribution < 1.29 is 23.9 Å². The van der Waals surface area contributed by atoms with Crippen molar-refractivity contribution in [3.63, 3.8) is 0 Å². The van der Waals surface area contributed by atoms with Crippen LogP contribution in [-0.2, 0) is 20.7 Å². The van der Waals surface area contributed by atoms with E-state index in [1.165, 1.54) is 13.5 Å². The number of amides is 1. The van der Waals surface area contributed by atoms with Gasteiger partial charge >= 0.3 is 11.9 Å². The molecule has 0 unspecified atom stereocenters. The summed E-state index contributed by atoms with van der Waals surface area (Å²) in [5, 5.41) is 3.08. The molecule has 1 amide bonds. The molecule has 0 saturated heterocycles. The first kappa shape index (κ1) is 21.4. The second-order valence-corrected chi connectivity index (χ2v) is 9.13. The summed E-state index contributed by atoms with van der Waals surface area (Å²) < 4.78 is 10.0. The highest BCUT2D eigenvalue weighted by molar-refractivity contribution is 5.99. The predicted octanol–water partition coefficient (Wildman–Crippen LogP) is 3.16. The van der Waals surface area contributed by atoms with Gasteiger partial charge in [0, 0.05) is 11.7 Å². The van der Waals surface area contributed by atoms with Gasteiger partial charge in [0.2, 0.25) is 0 Å². The highest BCUT2D eigenvalue weighted by atomic mass is 16.5. The van der Waals surface area contributed by atoms with E-state index < -0.39 is 11.9 Å². The van der Waals surface area contributed by atoms with Gasteiger partial charge in [0.15, 0.2) is 6.61 Å². The lowest BCUT2D eigenvalue weighted by Gasteiger charge is -2.39. The van der Waals surface area contributed by atoms with Crippen molar-refractivity contribution in [1.82, 2.24) is 10.3 Å². The van der Waals surface area contributed by atoms with E-state index >= 15 is 0 Å². The highest BCUT2D eigenvalue weighted by Gasteiger charge is 2.61. The molecule has 2 bridgehead atoms. The standard InChI is InChI=1S/C22H32N2O5/c1-7-14-17(19(26)28-6)12(2)18(23-14)20(27)29-11-16(25)24-15-10-13-8-9-22(15,5)21(13,3)4/h13,15,23H,7-11H2,1-6H3,(H,24,25)/t13-,15+,22-/m1/s1. The molecule has 2 fully saturated rings. The molecule has 160 valence electrons. The zero-order valence-electron chi connectivity index (χ0n) is 18.2. The van der Waals surface area contributed by atoms with Crippen LogP contribution in [0.5, 0.6) is 0 Å². The van der Waals surface area contributed by atoms with Gasteiger partial charge in [0.05, 0.1) is 12.7 Å². The van der Waals surface area contributed by atoms with E-state index in [9.17, 15) is 14.4 Å². The molecule has 1 aromatic rings. The van der Waals surface area contributed by atoms with Crippen LogP contribution < -0.4 is 5.32 Å². The van der Waals surface area contributed by atoms with Crippen molar-refractivity contribution >= 4 is 17.8 Å². The van der Waals surface area contributed by atoms with Crippen LogP contribution in [0.2, 0.25) is 0 Å². The molecule has 0 aromatic carbocycles. The van der Waals surface area contributed by atoms with Crippen LogP contribution in [0.1, 0.15) is 79.1 Å². The quantitative estimate of drug-likeness (QED) is 0.710. The van der Waals surface area contributed by atoms with E-state index in [2.05, 4.69) is 31.1 Å². The maximum absolute atomic E-state index is 12.5. The fourth-order valence-electron chi connectivity index (χ4n) is 5.37. The van der Waals surface area contributed by atoms with Crippen LogP contribution in [0.25, 0.3) is 0 Å². The summed E-state index contributed by atoms with van der Waals surface area (Å²) in [4.78, 5) is 39.9. The molecule has 7 heteroatoms. The Bertz CT molecular complexity index is 841. The zero-order chi connectivity index (χ0) is 21.6. The number of nitrogens with one attached hydrogen (secondary N) is 2. The maximum atomic E-state index is 12.5. The summed E-state index contributed by atoms with van der Waals surface area (Å²) >= 11 is 0. The number of esters is 2. The summed E-state index contributed by atoms with van der Waals surface area (Å²) in [6.45, 7) is 10.0. The largest absolute Gasteiger partial charge is 0.465 e. The van der Waals surface area contributed by atoms with Gasteiger partial charge in [-0.15, -0.1) is 0 Å². The number of methoxy groups -OCH3 is 1. The van der Waals surface area contributed by atoms with Crippen molar-refractivity contribution in [3.8, 4) is 0 Å². The molecule has 3 atom stereocenters. The molecule has 29 heavy (non-hydrogen) atoms. The molecule has 2 aliphatic rings. The third-order valence-corrected chi connectivity index (χ3v) is 7.74. The molecule has 1 heterocycles. The Hall–Kier alpha value is -2.31. The number of rotatable bonds is 6. The molecule has 2 saturated carbocycles. The number of carbonyl (C=O) groups is 3. The molecule has 3 rings (SSSR count). The Morgan fingerprint density at radius 2 is 1.90 bits per heavy atom. The molecular weight excluding hydrogens is 372 g/mol. The number of ether oxygens (including phenoxy) is 2. The van der Waals surface area contributed by atoms with E-state index in [4.69, 9.17) is 9.47 Å². The van der Waals surface area contributed by atoms with Crippen LogP contribution in [0.4, 0.5) is 0 Å². The number of H-pyrrole nitrogens is 1. The normalized spacial score (nSPS) is 27.0. The van der Waals surface area contributed by atoms with Crippen LogP contribution in [0.3, 0.4) is 0 Å². The van der Waals surface area contributed by atoms with E-state index in [0.29, 0.717) is 29.2 Å². The average Bonchev–Trinajstić information content (AvgIpc) is 3.20. The Balaban J connectivity index is 1.62. The van der Waals surface area contributed by atoms with Crippen LogP contribution in [0.15, 0.2) is 0 Å². The first-order valence-electron chi connectivity index (χ1n) is 10.3. The number of hydrogen-bond donors (Lipinski definition) is 2. The van der Waals surface area contributed by atoms with Crippen molar-refractivity contribution in [1.29, 1.82) is 0 Å². The SMILES string of the molecule is CCc1[nH]c(C(=O)OCC(=O)N[C@H]2C[C@H]3CC[C@@]2(C)C3(C)C)c(C)c1C(=O)OC. The van der Waals surface area contributed by atoms with Gasteiger partial charge in [0.1, 0.15) is 5.69 Å². The number of aromatic amines is 1. The summed E-state index contributed by atoms with van der Waals surface area (Å²) in [6, 6.07) is 0.104. The second-order valence-electron chi connectivity index (χ2n) is 9.13. The van der Waals surface area contributed by atoms with Crippen molar-refractivity contribution in [3.05, 3.63) is 22.5 Å². The minimum atomic E-state index is -0.651. The lowest BCUT2D eigenvalue weighted by atomic mass is 9.69. The second kappa shape index (κ2) is 7.50. The van der Waals surface area contributed by atoms with Gasteiger partial charge in [-0.2, -0.15) is 0 Å². The summed E-state index contributed by atoms with van der Waals surface area (Å²) in [5.41, 5.74) is 1.89. The number of carbonyl (C=O) groups excluding carboxylic acids is 3. The molecule has 0 aliphatic heterocycles. The minimum Gasteiger partial charge on any atom is -0.465 e. The Morgan fingerprint density at radius 3 is 2.41 bits per heavy atom. The number of fused-ring (bicyclic) bond motifs is 2. The fourth-order valence-corrected chi connectivity index (χ4v) is 5.37. The number of aromatic nitrogens is 1. The van der Waals surface area contributed by atoms with E-state index in [1.54, 1.807) is 6.92 Å². The number of aryl methyl sites for hydroxylation is 1. The van der Waals surface area contributed by atoms with Gasteiger partial charge < -0.3 is 19.8 Å². The van der Waals surface area contributed by atoms with Gasteiger partial charge in [0.25, 0.3) is 5.91 Å². The first-order valence-corrected chi connectivity index (χ1v) is 10.3. The Labute approximate surface area is 171 Å². The zero-order valence-corrected chi connectivity index (χ0v) is 18.2. The summed E-state index contributed by atoms with van der Waals surface area (Å²) in [6.07, 6.45) is 3.82. The molecule has 7 nitrogen and oxygen atoms in total. The average molecular weight is 405 g/mol. The molecule has 0 radical (unpaired) electrons. The predicted molar refractivity (Wildman–Crippen MR) is 108 cm³/mol. The highest BCUT2D eigenvalue weighted by Crippen LogP contribution is 2.65. The minimum absolute atomic E-state index is 0.0683. The lowest BCUT2D eigenvalue weighted by Crippen LogP contribution is -2.48. The van der Waals surface area contributed by atoms with Gasteiger partial charge in [-0.1, -0.05) is 27.7 Å². The van der Waals surface area contributed by atoms with Crippen LogP contribution >= 0.6 is 0 Å². The fraction of sp³-hybridized carbons (Fsp3) is 0.682. The molecule has 1 aromatic heterocycles. The molecule has 0 spiro atoms. The van der Waals surface area contributed by atoms with Gasteiger partial charge in [-0.25, -0.2) is 9.59 Å². The lowest BCUT2D eigenvalue weighted by molar-refractivity contribution is -0.126. The summed E-state index contributed by atoms with van der Waals surface area (Å²) in [7, 11) is 1.30. The van der Waals surface area contributed by atoms with Crippen LogP contribution in [-0.4, -0.2) is 42.6 Å². The molecular formula is C22H32N2O5. The summed E-state index contributed by atoms with van der Waals surface area (Å²) in [5.74, 6) is -0.825. The van der Waals surface area contributed by atoms with E-state index in [-0.39, 0.29) is 35.1 Å². The third kappa shape index (κ3) is 3.34. The smallest absolute Gasteiger partial charge is 0.355 e. The van der Waals surface area contributed by atoms with Crippen molar-refractivity contribution in [2.24, 2.45) is 16.7 Å². The van der Waals surface area contributed by atoms with Gasteiger partial charge in [-0.05, 0) is 54.9 Å². The van der Waals surface area contributed by atoms with Crippen molar-refractivity contribution in [2.45, 2.75) is 66.3 Å². The van der Waals surface area contributed by atoms with Crippen LogP contribution in [0, 0.1) is 23.7 Å². The Kier molecular flexibility index (Phi) is 5.54. The van der Waals surface area contributed by atoms with Gasteiger partial charge in [-0.3, -0.25) is 4.79 Å². The van der Waals surface area contributed by atoms with Crippen molar-refractivity contribution in [2.75, 3.05) is 13.7 Å². The first-order chi connectivity index (χ1) is 13.6.